The second-order valence-electron chi connectivity index (χ2n) is 5.37. The monoisotopic (exact) mass is 358 g/mol. The van der Waals surface area contributed by atoms with Gasteiger partial charge in [-0.25, -0.2) is 0 Å². The Hall–Kier alpha value is -2.24. The summed E-state index contributed by atoms with van der Waals surface area (Å²) in [5, 5.41) is 3.35. The number of carbonyl (C=O) groups excluding carboxylic acids is 2. The van der Waals surface area contributed by atoms with E-state index in [1.807, 2.05) is 37.3 Å². The zero-order chi connectivity index (χ0) is 17.1. The van der Waals surface area contributed by atoms with Gasteiger partial charge in [0.25, 0.3) is 11.1 Å². The summed E-state index contributed by atoms with van der Waals surface area (Å²) < 4.78 is 0. The van der Waals surface area contributed by atoms with E-state index in [4.69, 9.17) is 11.6 Å². The minimum absolute atomic E-state index is 0.107. The minimum atomic E-state index is -0.292. The predicted molar refractivity (Wildman–Crippen MR) is 98.9 cm³/mol. The van der Waals surface area contributed by atoms with E-state index in [1.165, 1.54) is 4.90 Å². The van der Waals surface area contributed by atoms with Crippen molar-refractivity contribution < 1.29 is 9.59 Å². The Bertz CT molecular complexity index is 818. The molecule has 1 fully saturated rings. The fourth-order valence-electron chi connectivity index (χ4n) is 2.22. The van der Waals surface area contributed by atoms with E-state index >= 15 is 0 Å². The number of imide groups is 1. The van der Waals surface area contributed by atoms with Crippen LogP contribution < -0.4 is 5.32 Å². The highest BCUT2D eigenvalue weighted by molar-refractivity contribution is 8.18. The summed E-state index contributed by atoms with van der Waals surface area (Å²) in [5.41, 5.74) is 2.80. The van der Waals surface area contributed by atoms with Crippen molar-refractivity contribution in [3.63, 3.8) is 0 Å². The van der Waals surface area contributed by atoms with Gasteiger partial charge in [0.1, 0.15) is 0 Å². The lowest BCUT2D eigenvalue weighted by molar-refractivity contribution is -0.122. The molecule has 0 spiro atoms. The highest BCUT2D eigenvalue weighted by Crippen LogP contribution is 2.32. The number of benzene rings is 2. The fraction of sp³-hybridized carbons (Fsp3) is 0.111. The van der Waals surface area contributed by atoms with Gasteiger partial charge in [-0.3, -0.25) is 14.5 Å². The number of anilines is 1. The van der Waals surface area contributed by atoms with Crippen LogP contribution in [0, 0.1) is 6.92 Å². The van der Waals surface area contributed by atoms with Gasteiger partial charge in [0.15, 0.2) is 0 Å². The van der Waals surface area contributed by atoms with Crippen LogP contribution in [-0.4, -0.2) is 22.7 Å². The maximum absolute atomic E-state index is 12.4. The van der Waals surface area contributed by atoms with Gasteiger partial charge in [0.2, 0.25) is 0 Å². The first-order chi connectivity index (χ1) is 11.5. The van der Waals surface area contributed by atoms with E-state index in [0.29, 0.717) is 9.93 Å². The van der Waals surface area contributed by atoms with Crippen LogP contribution in [0.4, 0.5) is 10.5 Å². The van der Waals surface area contributed by atoms with Crippen molar-refractivity contribution in [3.05, 3.63) is 69.6 Å². The molecule has 1 N–H and O–H groups in total. The number of halogens is 1. The van der Waals surface area contributed by atoms with E-state index < -0.39 is 0 Å². The van der Waals surface area contributed by atoms with Crippen LogP contribution >= 0.6 is 23.4 Å². The molecule has 2 aromatic carbocycles. The number of hydrogen-bond donors (Lipinski definition) is 1. The second-order valence-corrected chi connectivity index (χ2v) is 6.80. The molecule has 24 heavy (non-hydrogen) atoms. The molecule has 122 valence electrons. The number of hydrogen-bond acceptors (Lipinski definition) is 4. The molecular weight excluding hydrogens is 344 g/mol. The lowest BCUT2D eigenvalue weighted by atomic mass is 10.1. The lowest BCUT2D eigenvalue weighted by Gasteiger charge is -2.14. The largest absolute Gasteiger partial charge is 0.367 e. The summed E-state index contributed by atoms with van der Waals surface area (Å²) in [6.07, 6.45) is 1.74. The number of nitrogens with zero attached hydrogens (tertiary/aromatic N) is 1. The fourth-order valence-corrected chi connectivity index (χ4v) is 3.25. The van der Waals surface area contributed by atoms with E-state index in [9.17, 15) is 9.59 Å². The summed E-state index contributed by atoms with van der Waals surface area (Å²) in [6, 6.07) is 14.9. The molecule has 4 nitrogen and oxygen atoms in total. The molecule has 2 aromatic rings. The zero-order valence-corrected chi connectivity index (χ0v) is 14.5. The molecule has 0 unspecified atom stereocenters. The highest BCUT2D eigenvalue weighted by atomic mass is 35.5. The van der Waals surface area contributed by atoms with E-state index in [-0.39, 0.29) is 17.8 Å². The van der Waals surface area contributed by atoms with Gasteiger partial charge < -0.3 is 5.32 Å². The van der Waals surface area contributed by atoms with Crippen LogP contribution in [0.25, 0.3) is 6.08 Å². The summed E-state index contributed by atoms with van der Waals surface area (Å²) in [5.74, 6) is -0.292. The Kier molecular flexibility index (Phi) is 4.92. The second kappa shape index (κ2) is 7.11. The first kappa shape index (κ1) is 16.6. The molecule has 6 heteroatoms. The van der Waals surface area contributed by atoms with Crippen LogP contribution in [-0.2, 0) is 4.79 Å². The maximum atomic E-state index is 12.4. The summed E-state index contributed by atoms with van der Waals surface area (Å²) in [4.78, 5) is 26.1. The Balaban J connectivity index is 1.71. The van der Waals surface area contributed by atoms with E-state index in [1.54, 1.807) is 24.3 Å². The Morgan fingerprint density at radius 2 is 1.92 bits per heavy atom. The smallest absolute Gasteiger partial charge is 0.295 e. The third kappa shape index (κ3) is 3.80. The van der Waals surface area contributed by atoms with Gasteiger partial charge in [-0.2, -0.15) is 0 Å². The van der Waals surface area contributed by atoms with E-state index in [0.717, 1.165) is 28.6 Å². The number of amides is 2. The molecule has 0 atom stereocenters. The van der Waals surface area contributed by atoms with Crippen molar-refractivity contribution in [1.29, 1.82) is 0 Å². The lowest BCUT2D eigenvalue weighted by Crippen LogP contribution is -2.33. The van der Waals surface area contributed by atoms with Gasteiger partial charge >= 0.3 is 0 Å². The van der Waals surface area contributed by atoms with Crippen molar-refractivity contribution in [2.24, 2.45) is 0 Å². The number of carbonyl (C=O) groups is 2. The van der Waals surface area contributed by atoms with Crippen molar-refractivity contribution in [2.75, 3.05) is 12.0 Å². The third-order valence-corrected chi connectivity index (χ3v) is 4.66. The number of thioether (sulfide) groups is 1. The first-order valence-corrected chi connectivity index (χ1v) is 8.54. The molecule has 0 saturated carbocycles. The van der Waals surface area contributed by atoms with Gasteiger partial charge in [-0.05, 0) is 48.5 Å². The van der Waals surface area contributed by atoms with Gasteiger partial charge in [0.05, 0.1) is 11.6 Å². The number of aryl methyl sites for hydroxylation is 1. The molecular formula is C18H15ClN2O2S. The zero-order valence-electron chi connectivity index (χ0n) is 13.0. The summed E-state index contributed by atoms with van der Waals surface area (Å²) >= 11 is 6.87. The Morgan fingerprint density at radius 3 is 2.62 bits per heavy atom. The Morgan fingerprint density at radius 1 is 1.17 bits per heavy atom. The van der Waals surface area contributed by atoms with E-state index in [2.05, 4.69) is 5.32 Å². The minimum Gasteiger partial charge on any atom is -0.367 e. The van der Waals surface area contributed by atoms with Gasteiger partial charge in [0, 0.05) is 10.7 Å². The van der Waals surface area contributed by atoms with Crippen molar-refractivity contribution in [2.45, 2.75) is 6.92 Å². The Labute approximate surface area is 149 Å². The molecule has 0 radical (unpaired) electrons. The topological polar surface area (TPSA) is 49.4 Å². The summed E-state index contributed by atoms with van der Waals surface area (Å²) in [6.45, 7) is 2.11. The average molecular weight is 359 g/mol. The maximum Gasteiger partial charge on any atom is 0.295 e. The predicted octanol–water partition coefficient (Wildman–Crippen LogP) is 4.75. The SMILES string of the molecule is Cc1ccc(/C=C2\SC(=O)N(CNc3cccc(Cl)c3)C2=O)cc1. The van der Waals surface area contributed by atoms with Crippen molar-refractivity contribution >= 4 is 46.3 Å². The number of nitrogens with one attached hydrogen (secondary N) is 1. The molecule has 0 bridgehead atoms. The van der Waals surface area contributed by atoms with Crippen LogP contribution in [0.3, 0.4) is 0 Å². The molecule has 1 aliphatic heterocycles. The number of rotatable bonds is 4. The van der Waals surface area contributed by atoms with Crippen LogP contribution in [0.2, 0.25) is 5.02 Å². The van der Waals surface area contributed by atoms with Crippen molar-refractivity contribution in [1.82, 2.24) is 4.90 Å². The van der Waals surface area contributed by atoms with Crippen LogP contribution in [0.15, 0.2) is 53.4 Å². The highest BCUT2D eigenvalue weighted by Gasteiger charge is 2.34. The van der Waals surface area contributed by atoms with Crippen LogP contribution in [0.5, 0.6) is 0 Å². The normalized spacial score (nSPS) is 16.1. The molecule has 1 aliphatic rings. The molecule has 0 aliphatic carbocycles. The van der Waals surface area contributed by atoms with Crippen molar-refractivity contribution in [3.8, 4) is 0 Å². The standard InChI is InChI=1S/C18H15ClN2O2S/c1-12-5-7-13(8-6-12)9-16-17(22)21(18(23)24-16)11-20-15-4-2-3-14(19)10-15/h2-10,20H,11H2,1H3/b16-9-. The van der Waals surface area contributed by atoms with Crippen LogP contribution in [0.1, 0.15) is 11.1 Å². The van der Waals surface area contributed by atoms with Gasteiger partial charge in [-0.1, -0.05) is 47.5 Å². The summed E-state index contributed by atoms with van der Waals surface area (Å²) in [7, 11) is 0. The van der Waals surface area contributed by atoms with Gasteiger partial charge in [-0.15, -0.1) is 0 Å². The third-order valence-electron chi connectivity index (χ3n) is 3.51. The molecule has 0 aromatic heterocycles. The molecule has 1 heterocycles. The quantitative estimate of drug-likeness (QED) is 0.801. The molecule has 1 saturated heterocycles. The molecule has 3 rings (SSSR count). The first-order valence-electron chi connectivity index (χ1n) is 7.34. The average Bonchev–Trinajstić information content (AvgIpc) is 2.82. The molecule has 2 amide bonds.